The van der Waals surface area contributed by atoms with Gasteiger partial charge in [-0.1, -0.05) is 0 Å². The first kappa shape index (κ1) is 18.1. The van der Waals surface area contributed by atoms with Crippen molar-refractivity contribution < 1.29 is 14.2 Å². The Labute approximate surface area is 154 Å². The van der Waals surface area contributed by atoms with E-state index < -0.39 is 0 Å². The molecule has 0 saturated carbocycles. The van der Waals surface area contributed by atoms with E-state index in [1.165, 1.54) is 0 Å². The smallest absolute Gasteiger partial charge is 0.195 e. The lowest BCUT2D eigenvalue weighted by molar-refractivity contribution is 0.114. The van der Waals surface area contributed by atoms with Gasteiger partial charge in [0.05, 0.1) is 19.3 Å². The summed E-state index contributed by atoms with van der Waals surface area (Å²) in [7, 11) is 1.76. The standard InChI is InChI=1S/C16H23N3O3.HI/c1-17-16(18-11-13-4-2-7-20-13)19-12-5-6-14-15(10-12)22-9-3-8-21-14;/h5-6,10,13H,2-4,7-9,11H2,1H3,(H2,17,18,19);1H. The van der Waals surface area contributed by atoms with Crippen molar-refractivity contribution in [2.75, 3.05) is 38.7 Å². The zero-order valence-corrected chi connectivity index (χ0v) is 15.7. The van der Waals surface area contributed by atoms with E-state index in [0.717, 1.165) is 55.6 Å². The Bertz CT molecular complexity index is 533. The molecule has 0 spiro atoms. The van der Waals surface area contributed by atoms with Gasteiger partial charge in [-0.25, -0.2) is 0 Å². The van der Waals surface area contributed by atoms with E-state index in [-0.39, 0.29) is 30.1 Å². The summed E-state index contributed by atoms with van der Waals surface area (Å²) in [4.78, 5) is 4.24. The Kier molecular flexibility index (Phi) is 7.22. The molecule has 2 heterocycles. The molecule has 2 N–H and O–H groups in total. The zero-order chi connectivity index (χ0) is 15.2. The van der Waals surface area contributed by atoms with Gasteiger partial charge in [-0.2, -0.15) is 0 Å². The summed E-state index contributed by atoms with van der Waals surface area (Å²) in [6.07, 6.45) is 3.43. The molecule has 6 nitrogen and oxygen atoms in total. The van der Waals surface area contributed by atoms with Crippen LogP contribution in [0.25, 0.3) is 0 Å². The zero-order valence-electron chi connectivity index (χ0n) is 13.3. The van der Waals surface area contributed by atoms with Crippen molar-refractivity contribution in [1.29, 1.82) is 0 Å². The lowest BCUT2D eigenvalue weighted by Crippen LogP contribution is -2.36. The third kappa shape index (κ3) is 5.13. The fourth-order valence-corrected chi connectivity index (χ4v) is 2.57. The molecule has 128 valence electrons. The van der Waals surface area contributed by atoms with Crippen LogP contribution in [0.15, 0.2) is 23.2 Å². The Morgan fingerprint density at radius 2 is 2.00 bits per heavy atom. The van der Waals surface area contributed by atoms with Crippen molar-refractivity contribution in [3.05, 3.63) is 18.2 Å². The van der Waals surface area contributed by atoms with Gasteiger partial charge in [-0.05, 0) is 25.0 Å². The molecular weight excluding hydrogens is 409 g/mol. The molecule has 1 aromatic rings. The van der Waals surface area contributed by atoms with E-state index in [4.69, 9.17) is 14.2 Å². The first-order valence-corrected chi connectivity index (χ1v) is 7.84. The predicted molar refractivity (Wildman–Crippen MR) is 101 cm³/mol. The summed E-state index contributed by atoms with van der Waals surface area (Å²) in [5.74, 6) is 2.30. The quantitative estimate of drug-likeness (QED) is 0.436. The van der Waals surface area contributed by atoms with Crippen molar-refractivity contribution in [2.45, 2.75) is 25.4 Å². The molecule has 3 rings (SSSR count). The highest BCUT2D eigenvalue weighted by atomic mass is 127. The highest BCUT2D eigenvalue weighted by Crippen LogP contribution is 2.32. The number of anilines is 1. The van der Waals surface area contributed by atoms with Crippen molar-refractivity contribution >= 4 is 35.6 Å². The summed E-state index contributed by atoms with van der Waals surface area (Å²) in [6.45, 7) is 3.01. The van der Waals surface area contributed by atoms with E-state index in [1.807, 2.05) is 18.2 Å². The number of ether oxygens (including phenoxy) is 3. The first-order chi connectivity index (χ1) is 10.8. The predicted octanol–water partition coefficient (Wildman–Crippen LogP) is 2.63. The third-order valence-corrected chi connectivity index (χ3v) is 3.76. The average Bonchev–Trinajstić information content (AvgIpc) is 2.95. The van der Waals surface area contributed by atoms with E-state index in [9.17, 15) is 0 Å². The maximum Gasteiger partial charge on any atom is 0.195 e. The van der Waals surface area contributed by atoms with Crippen LogP contribution in [-0.4, -0.2) is 45.5 Å². The Morgan fingerprint density at radius 1 is 1.17 bits per heavy atom. The average molecular weight is 433 g/mol. The summed E-state index contributed by atoms with van der Waals surface area (Å²) in [5.41, 5.74) is 0.921. The molecule has 0 radical (unpaired) electrons. The number of guanidine groups is 1. The SMILES string of the molecule is CN=C(NCC1CCCO1)Nc1ccc2c(c1)OCCCO2.I. The van der Waals surface area contributed by atoms with Gasteiger partial charge >= 0.3 is 0 Å². The molecule has 2 aliphatic rings. The molecule has 1 unspecified atom stereocenters. The second-order valence-electron chi connectivity index (χ2n) is 5.43. The number of hydrogen-bond donors (Lipinski definition) is 2. The largest absolute Gasteiger partial charge is 0.490 e. The van der Waals surface area contributed by atoms with Crippen LogP contribution in [0, 0.1) is 0 Å². The van der Waals surface area contributed by atoms with Crippen LogP contribution in [-0.2, 0) is 4.74 Å². The van der Waals surface area contributed by atoms with Crippen molar-refractivity contribution in [2.24, 2.45) is 4.99 Å². The molecule has 1 atom stereocenters. The number of benzene rings is 1. The maximum atomic E-state index is 5.70. The highest BCUT2D eigenvalue weighted by molar-refractivity contribution is 14.0. The number of fused-ring (bicyclic) bond motifs is 1. The summed E-state index contributed by atoms with van der Waals surface area (Å²) in [5, 5.41) is 6.57. The Morgan fingerprint density at radius 3 is 2.74 bits per heavy atom. The lowest BCUT2D eigenvalue weighted by Gasteiger charge is -2.16. The van der Waals surface area contributed by atoms with Gasteiger partial charge < -0.3 is 24.8 Å². The molecule has 1 fully saturated rings. The number of nitrogens with zero attached hydrogens (tertiary/aromatic N) is 1. The van der Waals surface area contributed by atoms with Crippen molar-refractivity contribution in [3.63, 3.8) is 0 Å². The number of aliphatic imine (C=N–C) groups is 1. The fourth-order valence-electron chi connectivity index (χ4n) is 2.57. The van der Waals surface area contributed by atoms with Crippen LogP contribution in [0.1, 0.15) is 19.3 Å². The van der Waals surface area contributed by atoms with Gasteiger partial charge in [-0.15, -0.1) is 24.0 Å². The maximum absolute atomic E-state index is 5.70. The van der Waals surface area contributed by atoms with E-state index in [0.29, 0.717) is 13.2 Å². The second kappa shape index (κ2) is 9.17. The molecular formula is C16H24IN3O3. The Balaban J connectivity index is 0.00000192. The number of hydrogen-bond acceptors (Lipinski definition) is 4. The molecule has 0 aromatic heterocycles. The molecule has 0 amide bonds. The topological polar surface area (TPSA) is 64.1 Å². The molecule has 0 bridgehead atoms. The molecule has 1 saturated heterocycles. The molecule has 1 aromatic carbocycles. The van der Waals surface area contributed by atoms with Crippen LogP contribution in [0.4, 0.5) is 5.69 Å². The van der Waals surface area contributed by atoms with E-state index in [1.54, 1.807) is 7.05 Å². The molecule has 2 aliphatic heterocycles. The van der Waals surface area contributed by atoms with Crippen LogP contribution in [0.3, 0.4) is 0 Å². The third-order valence-electron chi connectivity index (χ3n) is 3.76. The first-order valence-electron chi connectivity index (χ1n) is 7.84. The van der Waals surface area contributed by atoms with Gasteiger partial charge in [0.1, 0.15) is 0 Å². The Hall–Kier alpha value is -1.22. The van der Waals surface area contributed by atoms with Gasteiger partial charge in [-0.3, -0.25) is 4.99 Å². The fraction of sp³-hybridized carbons (Fsp3) is 0.562. The molecule has 7 heteroatoms. The van der Waals surface area contributed by atoms with Crippen LogP contribution in [0.2, 0.25) is 0 Å². The van der Waals surface area contributed by atoms with Gasteiger partial charge in [0.15, 0.2) is 17.5 Å². The van der Waals surface area contributed by atoms with Gasteiger partial charge in [0.2, 0.25) is 0 Å². The van der Waals surface area contributed by atoms with Gasteiger partial charge in [0, 0.05) is 38.4 Å². The van der Waals surface area contributed by atoms with E-state index in [2.05, 4.69) is 15.6 Å². The number of rotatable bonds is 3. The minimum absolute atomic E-state index is 0. The lowest BCUT2D eigenvalue weighted by atomic mass is 10.2. The van der Waals surface area contributed by atoms with E-state index >= 15 is 0 Å². The molecule has 0 aliphatic carbocycles. The molecule has 23 heavy (non-hydrogen) atoms. The van der Waals surface area contributed by atoms with Crippen molar-refractivity contribution in [3.8, 4) is 11.5 Å². The monoisotopic (exact) mass is 433 g/mol. The second-order valence-corrected chi connectivity index (χ2v) is 5.43. The highest BCUT2D eigenvalue weighted by Gasteiger charge is 2.16. The minimum atomic E-state index is 0. The summed E-state index contributed by atoms with van der Waals surface area (Å²) >= 11 is 0. The minimum Gasteiger partial charge on any atom is -0.490 e. The van der Waals surface area contributed by atoms with Crippen molar-refractivity contribution in [1.82, 2.24) is 5.32 Å². The van der Waals surface area contributed by atoms with Crippen LogP contribution in [0.5, 0.6) is 11.5 Å². The summed E-state index contributed by atoms with van der Waals surface area (Å²) < 4.78 is 16.9. The van der Waals surface area contributed by atoms with Crippen LogP contribution < -0.4 is 20.1 Å². The number of halogens is 1. The van der Waals surface area contributed by atoms with Gasteiger partial charge in [0.25, 0.3) is 0 Å². The number of nitrogens with one attached hydrogen (secondary N) is 2. The summed E-state index contributed by atoms with van der Waals surface area (Å²) in [6, 6.07) is 5.84. The normalized spacial score (nSPS) is 20.4. The van der Waals surface area contributed by atoms with Crippen LogP contribution >= 0.6 is 24.0 Å².